The summed E-state index contributed by atoms with van der Waals surface area (Å²) in [5.41, 5.74) is -0.310. The molecule has 0 saturated carbocycles. The zero-order valence-corrected chi connectivity index (χ0v) is 11.3. The molecule has 0 aliphatic heterocycles. The van der Waals surface area contributed by atoms with Crippen molar-refractivity contribution in [2.45, 2.75) is 39.5 Å². The van der Waals surface area contributed by atoms with Crippen LogP contribution in [-0.2, 0) is 4.74 Å². The summed E-state index contributed by atoms with van der Waals surface area (Å²) in [6.07, 6.45) is 2.00. The smallest absolute Gasteiger partial charge is 0.330 e. The molecule has 18 heavy (non-hydrogen) atoms. The van der Waals surface area contributed by atoms with Gasteiger partial charge in [0.05, 0.1) is 6.10 Å². The Morgan fingerprint density at radius 2 is 2.17 bits per heavy atom. The minimum Gasteiger partial charge on any atom is -0.354 e. The maximum atomic E-state index is 11.7. The fraction of sp³-hybridized carbons (Fsp3) is 0.667. The van der Waals surface area contributed by atoms with Gasteiger partial charge < -0.3 is 10.1 Å². The van der Waals surface area contributed by atoms with Crippen molar-refractivity contribution >= 4 is 0 Å². The third kappa shape index (κ3) is 3.54. The Morgan fingerprint density at radius 1 is 1.50 bits per heavy atom. The van der Waals surface area contributed by atoms with Crippen molar-refractivity contribution in [2.24, 2.45) is 0 Å². The zero-order valence-electron chi connectivity index (χ0n) is 11.3. The van der Waals surface area contributed by atoms with E-state index in [9.17, 15) is 9.59 Å². The molecular formula is C12H21N3O3. The van der Waals surface area contributed by atoms with E-state index in [0.717, 1.165) is 13.0 Å². The summed E-state index contributed by atoms with van der Waals surface area (Å²) in [4.78, 5) is 25.2. The molecule has 1 aromatic heterocycles. The van der Waals surface area contributed by atoms with Gasteiger partial charge in [-0.1, -0.05) is 6.92 Å². The molecule has 1 heterocycles. The van der Waals surface area contributed by atoms with Crippen LogP contribution >= 0.6 is 0 Å². The Kier molecular flexibility index (Phi) is 5.30. The predicted molar refractivity (Wildman–Crippen MR) is 69.9 cm³/mol. The molecule has 0 radical (unpaired) electrons. The molecule has 1 rings (SSSR count). The summed E-state index contributed by atoms with van der Waals surface area (Å²) in [5.74, 6) is 0. The van der Waals surface area contributed by atoms with Crippen LogP contribution in [0.25, 0.3) is 0 Å². The third-order valence-corrected chi connectivity index (χ3v) is 2.81. The van der Waals surface area contributed by atoms with Gasteiger partial charge in [0.1, 0.15) is 6.23 Å². The third-order valence-electron chi connectivity index (χ3n) is 2.81. The zero-order chi connectivity index (χ0) is 13.7. The molecule has 6 heteroatoms. The Balaban J connectivity index is 2.90. The largest absolute Gasteiger partial charge is 0.354 e. The average molecular weight is 255 g/mol. The summed E-state index contributed by atoms with van der Waals surface area (Å²) >= 11 is 0. The predicted octanol–water partition coefficient (Wildman–Crippen LogP) is 0.378. The number of H-pyrrole nitrogens is 1. The number of ether oxygens (including phenoxy) is 1. The van der Waals surface area contributed by atoms with Crippen molar-refractivity contribution in [2.75, 3.05) is 13.6 Å². The maximum Gasteiger partial charge on any atom is 0.330 e. The van der Waals surface area contributed by atoms with Crippen LogP contribution in [0.15, 0.2) is 15.8 Å². The van der Waals surface area contributed by atoms with E-state index in [0.29, 0.717) is 5.56 Å². The Bertz CT molecular complexity index is 492. The van der Waals surface area contributed by atoms with Crippen molar-refractivity contribution < 1.29 is 4.74 Å². The van der Waals surface area contributed by atoms with E-state index in [1.54, 1.807) is 13.8 Å². The first-order valence-corrected chi connectivity index (χ1v) is 6.11. The first-order valence-electron chi connectivity index (χ1n) is 6.11. The number of likely N-dealkylation sites (N-methyl/N-ethyl adjacent to an activating group) is 1. The van der Waals surface area contributed by atoms with Crippen LogP contribution in [0.1, 0.15) is 32.1 Å². The Labute approximate surface area is 106 Å². The van der Waals surface area contributed by atoms with Gasteiger partial charge in [-0.3, -0.25) is 14.3 Å². The number of hydrogen-bond acceptors (Lipinski definition) is 4. The van der Waals surface area contributed by atoms with E-state index in [4.69, 9.17) is 4.74 Å². The van der Waals surface area contributed by atoms with Gasteiger partial charge in [-0.25, -0.2) is 4.79 Å². The Hall–Kier alpha value is -1.40. The molecule has 0 fully saturated rings. The molecule has 0 bridgehead atoms. The number of aromatic amines is 1. The minimum absolute atomic E-state index is 0.0316. The normalized spacial score (nSPS) is 14.4. The molecule has 2 N–H and O–H groups in total. The van der Waals surface area contributed by atoms with Crippen LogP contribution in [0.3, 0.4) is 0 Å². The molecule has 0 spiro atoms. The molecule has 6 nitrogen and oxygen atoms in total. The van der Waals surface area contributed by atoms with Crippen molar-refractivity contribution in [3.8, 4) is 0 Å². The molecule has 0 saturated heterocycles. The number of hydrogen-bond donors (Lipinski definition) is 2. The fourth-order valence-electron chi connectivity index (χ4n) is 1.72. The molecule has 0 aromatic carbocycles. The van der Waals surface area contributed by atoms with E-state index < -0.39 is 11.9 Å². The first-order chi connectivity index (χ1) is 8.49. The number of nitrogens with zero attached hydrogens (tertiary/aromatic N) is 1. The van der Waals surface area contributed by atoms with Gasteiger partial charge in [0, 0.05) is 18.3 Å². The molecule has 1 aromatic rings. The van der Waals surface area contributed by atoms with Crippen LogP contribution in [0, 0.1) is 6.92 Å². The lowest BCUT2D eigenvalue weighted by Crippen LogP contribution is -2.36. The van der Waals surface area contributed by atoms with E-state index in [1.165, 1.54) is 10.8 Å². The monoisotopic (exact) mass is 255 g/mol. The first kappa shape index (κ1) is 14.7. The van der Waals surface area contributed by atoms with Crippen molar-refractivity contribution in [3.05, 3.63) is 32.6 Å². The SMILES string of the molecule is CC[C@H](CNC)O[C@H](C)n1cc(C)c(=O)[nH]c1=O. The van der Waals surface area contributed by atoms with Gasteiger partial charge >= 0.3 is 5.69 Å². The van der Waals surface area contributed by atoms with Gasteiger partial charge in [-0.15, -0.1) is 0 Å². The van der Waals surface area contributed by atoms with Crippen molar-refractivity contribution in [3.63, 3.8) is 0 Å². The standard InChI is InChI=1S/C12H21N3O3/c1-5-10(6-13-4)18-9(3)15-7-8(2)11(16)14-12(15)17/h7,9-10,13H,5-6H2,1-4H3,(H,14,16,17)/t9-,10-/m1/s1. The lowest BCUT2D eigenvalue weighted by Gasteiger charge is -2.22. The Morgan fingerprint density at radius 3 is 2.72 bits per heavy atom. The van der Waals surface area contributed by atoms with Crippen LogP contribution in [0.5, 0.6) is 0 Å². The second-order valence-corrected chi connectivity index (χ2v) is 4.30. The van der Waals surface area contributed by atoms with E-state index in [1.807, 2.05) is 14.0 Å². The van der Waals surface area contributed by atoms with Gasteiger partial charge in [0.25, 0.3) is 5.56 Å². The highest BCUT2D eigenvalue weighted by Gasteiger charge is 2.14. The number of aromatic nitrogens is 2. The summed E-state index contributed by atoms with van der Waals surface area (Å²) in [5, 5.41) is 3.04. The second-order valence-electron chi connectivity index (χ2n) is 4.30. The van der Waals surface area contributed by atoms with Crippen molar-refractivity contribution in [1.82, 2.24) is 14.9 Å². The lowest BCUT2D eigenvalue weighted by molar-refractivity contribution is -0.0450. The van der Waals surface area contributed by atoms with E-state index in [2.05, 4.69) is 10.3 Å². The van der Waals surface area contributed by atoms with Gasteiger partial charge in [0.15, 0.2) is 0 Å². The number of aryl methyl sites for hydroxylation is 1. The summed E-state index contributed by atoms with van der Waals surface area (Å²) in [7, 11) is 1.85. The van der Waals surface area contributed by atoms with Crippen molar-refractivity contribution in [1.29, 1.82) is 0 Å². The molecule has 0 aliphatic rings. The molecule has 0 unspecified atom stereocenters. The lowest BCUT2D eigenvalue weighted by atomic mass is 10.3. The van der Waals surface area contributed by atoms with E-state index >= 15 is 0 Å². The minimum atomic E-state index is -0.447. The fourth-order valence-corrected chi connectivity index (χ4v) is 1.72. The highest BCUT2D eigenvalue weighted by molar-refractivity contribution is 5.01. The maximum absolute atomic E-state index is 11.7. The molecule has 102 valence electrons. The molecule has 2 atom stereocenters. The quantitative estimate of drug-likeness (QED) is 0.770. The number of rotatable bonds is 6. The van der Waals surface area contributed by atoms with Crippen LogP contribution in [0.2, 0.25) is 0 Å². The summed E-state index contributed by atoms with van der Waals surface area (Å²) < 4.78 is 7.18. The van der Waals surface area contributed by atoms with Gasteiger partial charge in [-0.2, -0.15) is 0 Å². The average Bonchev–Trinajstić information content (AvgIpc) is 2.33. The molecular weight excluding hydrogens is 234 g/mol. The number of nitrogens with one attached hydrogen (secondary N) is 2. The summed E-state index contributed by atoms with van der Waals surface area (Å²) in [6.45, 7) is 6.19. The molecule has 0 amide bonds. The highest BCUT2D eigenvalue weighted by atomic mass is 16.5. The van der Waals surface area contributed by atoms with Crippen LogP contribution in [-0.4, -0.2) is 29.2 Å². The van der Waals surface area contributed by atoms with Crippen LogP contribution < -0.4 is 16.6 Å². The van der Waals surface area contributed by atoms with Crippen LogP contribution in [0.4, 0.5) is 0 Å². The van der Waals surface area contributed by atoms with Gasteiger partial charge in [0.2, 0.25) is 0 Å². The van der Waals surface area contributed by atoms with Gasteiger partial charge in [-0.05, 0) is 27.3 Å². The summed E-state index contributed by atoms with van der Waals surface area (Å²) in [6, 6.07) is 0. The topological polar surface area (TPSA) is 76.1 Å². The van der Waals surface area contributed by atoms with E-state index in [-0.39, 0.29) is 11.7 Å². The second kappa shape index (κ2) is 6.51. The highest BCUT2D eigenvalue weighted by Crippen LogP contribution is 2.09. The molecule has 0 aliphatic carbocycles.